The van der Waals surface area contributed by atoms with Crippen LogP contribution in [0.25, 0.3) is 0 Å². The fraction of sp³-hybridized carbons (Fsp3) is 0.625. The van der Waals surface area contributed by atoms with Crippen molar-refractivity contribution in [1.82, 2.24) is 15.2 Å². The van der Waals surface area contributed by atoms with Crippen molar-refractivity contribution in [2.45, 2.75) is 40.3 Å². The monoisotopic (exact) mass is 293 g/mol. The van der Waals surface area contributed by atoms with Gasteiger partial charge >= 0.3 is 0 Å². The molecule has 0 fully saturated rings. The quantitative estimate of drug-likeness (QED) is 0.870. The molecular weight excluding hydrogens is 266 g/mol. The molecule has 1 atom stereocenters. The molecule has 0 aliphatic rings. The molecule has 0 aromatic carbocycles. The van der Waals surface area contributed by atoms with Gasteiger partial charge in [-0.2, -0.15) is 0 Å². The zero-order valence-corrected chi connectivity index (χ0v) is 14.2. The number of rotatable bonds is 6. The van der Waals surface area contributed by atoms with Gasteiger partial charge in [-0.05, 0) is 45.5 Å². The van der Waals surface area contributed by atoms with E-state index in [9.17, 15) is 4.79 Å². The number of aromatic nitrogens is 1. The van der Waals surface area contributed by atoms with Crippen LogP contribution < -0.4 is 10.1 Å². The molecule has 5 nitrogen and oxygen atoms in total. The standard InChI is InChI=1S/C16H27N3O2/c1-10(2)14(19(5)6)15(20)17-9-13-11(3)8-12(4)18-16(13)21-7/h8,10,14H,9H2,1-7H3,(H,17,20)/t14-/m0/s1. The Bertz CT molecular complexity index is 491. The minimum atomic E-state index is -0.144. The van der Waals surface area contributed by atoms with Crippen LogP contribution in [0.1, 0.15) is 30.7 Å². The number of ether oxygens (including phenoxy) is 1. The maximum Gasteiger partial charge on any atom is 0.237 e. The molecule has 1 aromatic heterocycles. The lowest BCUT2D eigenvalue weighted by atomic mass is 10.0. The van der Waals surface area contributed by atoms with Crippen LogP contribution in [0.3, 0.4) is 0 Å². The molecule has 21 heavy (non-hydrogen) atoms. The van der Waals surface area contributed by atoms with Gasteiger partial charge in [-0.1, -0.05) is 13.8 Å². The number of hydrogen-bond acceptors (Lipinski definition) is 4. The van der Waals surface area contributed by atoms with Crippen molar-refractivity contribution in [2.75, 3.05) is 21.2 Å². The van der Waals surface area contributed by atoms with Crippen LogP contribution in [-0.4, -0.2) is 43.0 Å². The molecule has 5 heteroatoms. The van der Waals surface area contributed by atoms with Crippen LogP contribution in [0.2, 0.25) is 0 Å². The van der Waals surface area contributed by atoms with Crippen molar-refractivity contribution in [2.24, 2.45) is 5.92 Å². The van der Waals surface area contributed by atoms with Crippen molar-refractivity contribution in [3.05, 3.63) is 22.9 Å². The Morgan fingerprint density at radius 3 is 2.48 bits per heavy atom. The highest BCUT2D eigenvalue weighted by Crippen LogP contribution is 2.20. The molecule has 118 valence electrons. The first-order valence-corrected chi connectivity index (χ1v) is 7.23. The number of nitrogens with zero attached hydrogens (tertiary/aromatic N) is 2. The summed E-state index contributed by atoms with van der Waals surface area (Å²) in [5, 5.41) is 3.00. The summed E-state index contributed by atoms with van der Waals surface area (Å²) in [6.45, 7) is 8.45. The van der Waals surface area contributed by atoms with E-state index < -0.39 is 0 Å². The van der Waals surface area contributed by atoms with E-state index in [4.69, 9.17) is 4.74 Å². The number of aryl methyl sites for hydroxylation is 2. The van der Waals surface area contributed by atoms with Crippen molar-refractivity contribution in [3.8, 4) is 5.88 Å². The molecule has 0 spiro atoms. The average Bonchev–Trinajstić information content (AvgIpc) is 2.35. The van der Waals surface area contributed by atoms with E-state index in [2.05, 4.69) is 10.3 Å². The van der Waals surface area contributed by atoms with Crippen LogP contribution >= 0.6 is 0 Å². The van der Waals surface area contributed by atoms with E-state index in [0.717, 1.165) is 16.8 Å². The maximum atomic E-state index is 12.4. The summed E-state index contributed by atoms with van der Waals surface area (Å²) in [5.74, 6) is 0.856. The lowest BCUT2D eigenvalue weighted by Gasteiger charge is -2.27. The van der Waals surface area contributed by atoms with E-state index >= 15 is 0 Å². The summed E-state index contributed by atoms with van der Waals surface area (Å²) in [7, 11) is 5.44. The summed E-state index contributed by atoms with van der Waals surface area (Å²) in [6, 6.07) is 1.85. The first kappa shape index (κ1) is 17.4. The molecule has 1 rings (SSSR count). The van der Waals surface area contributed by atoms with E-state index in [1.54, 1.807) is 7.11 Å². The number of pyridine rings is 1. The molecule has 1 aromatic rings. The Morgan fingerprint density at radius 2 is 2.00 bits per heavy atom. The predicted octanol–water partition coefficient (Wildman–Crippen LogP) is 1.91. The van der Waals surface area contributed by atoms with Crippen molar-refractivity contribution < 1.29 is 9.53 Å². The second kappa shape index (κ2) is 7.41. The van der Waals surface area contributed by atoms with Crippen LogP contribution in [0.15, 0.2) is 6.07 Å². The summed E-state index contributed by atoms with van der Waals surface area (Å²) < 4.78 is 5.32. The number of carbonyl (C=O) groups is 1. The fourth-order valence-corrected chi connectivity index (χ4v) is 2.63. The Kier molecular flexibility index (Phi) is 6.15. The smallest absolute Gasteiger partial charge is 0.237 e. The lowest BCUT2D eigenvalue weighted by Crippen LogP contribution is -2.46. The van der Waals surface area contributed by atoms with Gasteiger partial charge in [-0.25, -0.2) is 4.98 Å². The van der Waals surface area contributed by atoms with Gasteiger partial charge in [0.25, 0.3) is 0 Å². The first-order valence-electron chi connectivity index (χ1n) is 7.23. The van der Waals surface area contributed by atoms with Gasteiger partial charge in [-0.3, -0.25) is 9.69 Å². The van der Waals surface area contributed by atoms with Gasteiger partial charge in [0.2, 0.25) is 11.8 Å². The van der Waals surface area contributed by atoms with Crippen molar-refractivity contribution in [1.29, 1.82) is 0 Å². The normalized spacial score (nSPS) is 12.6. The number of nitrogens with one attached hydrogen (secondary N) is 1. The molecule has 0 saturated heterocycles. The van der Waals surface area contributed by atoms with Gasteiger partial charge in [0.1, 0.15) is 0 Å². The molecule has 0 bridgehead atoms. The molecule has 0 aliphatic carbocycles. The summed E-state index contributed by atoms with van der Waals surface area (Å²) >= 11 is 0. The SMILES string of the molecule is COc1nc(C)cc(C)c1CNC(=O)[C@H](C(C)C)N(C)C. The second-order valence-electron chi connectivity index (χ2n) is 5.94. The van der Waals surface area contributed by atoms with E-state index in [1.807, 2.05) is 52.8 Å². The van der Waals surface area contributed by atoms with Crippen molar-refractivity contribution >= 4 is 5.91 Å². The Balaban J connectivity index is 2.86. The Labute approximate surface area is 127 Å². The summed E-state index contributed by atoms with van der Waals surface area (Å²) in [5.41, 5.74) is 2.91. The molecule has 0 saturated carbocycles. The zero-order valence-electron chi connectivity index (χ0n) is 14.2. The third-order valence-electron chi connectivity index (χ3n) is 3.53. The number of carbonyl (C=O) groups excluding carboxylic acids is 1. The van der Waals surface area contributed by atoms with E-state index in [0.29, 0.717) is 12.4 Å². The molecular formula is C16H27N3O2. The van der Waals surface area contributed by atoms with E-state index in [-0.39, 0.29) is 17.9 Å². The van der Waals surface area contributed by atoms with E-state index in [1.165, 1.54) is 0 Å². The maximum absolute atomic E-state index is 12.4. The zero-order chi connectivity index (χ0) is 16.2. The van der Waals surface area contributed by atoms with Gasteiger partial charge in [0.15, 0.2) is 0 Å². The molecule has 1 N–H and O–H groups in total. The second-order valence-corrected chi connectivity index (χ2v) is 5.94. The lowest BCUT2D eigenvalue weighted by molar-refractivity contribution is -0.127. The molecule has 0 aliphatic heterocycles. The minimum absolute atomic E-state index is 0.0250. The van der Waals surface area contributed by atoms with Gasteiger partial charge in [0, 0.05) is 17.8 Å². The molecule has 0 unspecified atom stereocenters. The van der Waals surface area contributed by atoms with Crippen molar-refractivity contribution in [3.63, 3.8) is 0 Å². The highest BCUT2D eigenvalue weighted by Gasteiger charge is 2.24. The van der Waals surface area contributed by atoms with Crippen LogP contribution in [0, 0.1) is 19.8 Å². The molecule has 1 heterocycles. The molecule has 1 amide bonds. The van der Waals surface area contributed by atoms with Gasteiger partial charge in [0.05, 0.1) is 13.2 Å². The Morgan fingerprint density at radius 1 is 1.38 bits per heavy atom. The minimum Gasteiger partial charge on any atom is -0.481 e. The largest absolute Gasteiger partial charge is 0.481 e. The van der Waals surface area contributed by atoms with Crippen LogP contribution in [0.5, 0.6) is 5.88 Å². The average molecular weight is 293 g/mol. The number of amides is 1. The van der Waals surface area contributed by atoms with Gasteiger partial charge in [-0.15, -0.1) is 0 Å². The number of likely N-dealkylation sites (N-methyl/N-ethyl adjacent to an activating group) is 1. The highest BCUT2D eigenvalue weighted by atomic mass is 16.5. The third kappa shape index (κ3) is 4.43. The predicted molar refractivity (Wildman–Crippen MR) is 84.4 cm³/mol. The van der Waals surface area contributed by atoms with Crippen LogP contribution in [0.4, 0.5) is 0 Å². The topological polar surface area (TPSA) is 54.5 Å². The highest BCUT2D eigenvalue weighted by molar-refractivity contribution is 5.82. The number of hydrogen-bond donors (Lipinski definition) is 1. The summed E-state index contributed by atoms with van der Waals surface area (Å²) in [6.07, 6.45) is 0. The van der Waals surface area contributed by atoms with Crippen LogP contribution in [-0.2, 0) is 11.3 Å². The summed E-state index contributed by atoms with van der Waals surface area (Å²) in [4.78, 5) is 18.7. The Hall–Kier alpha value is -1.62. The number of methoxy groups -OCH3 is 1. The first-order chi connectivity index (χ1) is 9.77. The van der Waals surface area contributed by atoms with Gasteiger partial charge < -0.3 is 10.1 Å². The third-order valence-corrected chi connectivity index (χ3v) is 3.53. The molecule has 0 radical (unpaired) electrons. The fourth-order valence-electron chi connectivity index (χ4n) is 2.63.